The van der Waals surface area contributed by atoms with E-state index in [1.54, 1.807) is 41.5 Å². The van der Waals surface area contributed by atoms with Crippen LogP contribution in [-0.4, -0.2) is 175 Å². The number of aliphatic carboxylic acids is 3. The predicted molar refractivity (Wildman–Crippen MR) is 284 cm³/mol. The zero-order chi connectivity index (χ0) is 58.5. The molecule has 0 aliphatic carbocycles. The van der Waals surface area contributed by atoms with Gasteiger partial charge in [-0.05, 0) is 69.2 Å². The molecule has 1 aromatic rings. The number of carboxylic acid groups (broad SMARTS) is 3. The van der Waals surface area contributed by atoms with E-state index in [0.717, 1.165) is 0 Å². The van der Waals surface area contributed by atoms with Gasteiger partial charge in [0.25, 0.3) is 0 Å². The Morgan fingerprint density at radius 1 is 0.545 bits per heavy atom. The Bertz CT molecular complexity index is 2150. The number of hydrogen-bond donors (Lipinski definition) is 17. The van der Waals surface area contributed by atoms with Gasteiger partial charge in [0.1, 0.15) is 48.3 Å². The minimum Gasteiger partial charge on any atom is -0.481 e. The number of carboxylic acids is 3. The highest BCUT2D eigenvalue weighted by atomic mass is 32.1. The van der Waals surface area contributed by atoms with Gasteiger partial charge in [-0.2, -0.15) is 25.3 Å². The molecule has 0 saturated carbocycles. The van der Waals surface area contributed by atoms with Gasteiger partial charge in [0.2, 0.25) is 53.2 Å². The summed E-state index contributed by atoms with van der Waals surface area (Å²) in [6.07, 6.45) is 1.25. The molecule has 0 radical (unpaired) electrons. The van der Waals surface area contributed by atoms with Gasteiger partial charge in [0.05, 0.1) is 25.3 Å². The highest BCUT2D eigenvalue weighted by molar-refractivity contribution is 7.80. The topological polar surface area (TPSA) is 455 Å². The molecule has 1 aromatic heterocycles. The molecule has 0 saturated heterocycles. The molecule has 434 valence electrons. The van der Waals surface area contributed by atoms with Crippen LogP contribution in [0.15, 0.2) is 12.5 Å². The summed E-state index contributed by atoms with van der Waals surface area (Å²) in [4.78, 5) is 164. The quantitative estimate of drug-likeness (QED) is 0.0229. The lowest BCUT2D eigenvalue weighted by molar-refractivity contribution is -0.142. The van der Waals surface area contributed by atoms with Gasteiger partial charge in [-0.25, -0.2) is 9.78 Å². The Kier molecular flexibility index (Phi) is 31.8. The fourth-order valence-electron chi connectivity index (χ4n) is 7.33. The normalized spacial score (nSPS) is 14.7. The van der Waals surface area contributed by atoms with Crippen molar-refractivity contribution in [2.24, 2.45) is 29.2 Å². The first-order chi connectivity index (χ1) is 36.1. The number of hydrogen-bond acceptors (Lipinski definition) is 17. The molecule has 30 heteroatoms. The average molecular weight is 1130 g/mol. The van der Waals surface area contributed by atoms with Crippen LogP contribution in [0.25, 0.3) is 0 Å². The maximum absolute atomic E-state index is 14.1. The molecular formula is C47H79N13O15S2. The second-order valence-corrected chi connectivity index (χ2v) is 20.3. The third kappa shape index (κ3) is 27.4. The van der Waals surface area contributed by atoms with Crippen molar-refractivity contribution in [3.8, 4) is 0 Å². The molecule has 9 atom stereocenters. The Morgan fingerprint density at radius 2 is 1.00 bits per heavy atom. The molecule has 1 rings (SSSR count). The van der Waals surface area contributed by atoms with Crippen molar-refractivity contribution in [2.75, 3.05) is 24.6 Å². The second kappa shape index (κ2) is 35.7. The van der Waals surface area contributed by atoms with E-state index in [9.17, 15) is 72.9 Å². The molecule has 0 aliphatic heterocycles. The Balaban J connectivity index is 3.35. The largest absolute Gasteiger partial charge is 0.481 e. The number of H-pyrrole nitrogens is 1. The molecule has 0 bridgehead atoms. The maximum Gasteiger partial charge on any atom is 0.326 e. The number of aromatic amines is 1. The number of unbranched alkanes of at least 4 members (excludes halogenated alkanes) is 1. The van der Waals surface area contributed by atoms with E-state index in [4.69, 9.17) is 11.5 Å². The smallest absolute Gasteiger partial charge is 0.326 e. The van der Waals surface area contributed by atoms with Crippen LogP contribution < -0.4 is 59.3 Å². The molecule has 9 amide bonds. The van der Waals surface area contributed by atoms with E-state index in [2.05, 4.69) is 83.1 Å². The number of nitrogens with one attached hydrogen (secondary N) is 10. The average Bonchev–Trinajstić information content (AvgIpc) is 3.86. The zero-order valence-corrected chi connectivity index (χ0v) is 46.0. The summed E-state index contributed by atoms with van der Waals surface area (Å²) in [5.41, 5.74) is 11.6. The molecule has 1 heterocycles. The maximum atomic E-state index is 14.1. The lowest BCUT2D eigenvalue weighted by Crippen LogP contribution is -2.60. The number of amides is 9. The van der Waals surface area contributed by atoms with Gasteiger partial charge in [0.15, 0.2) is 0 Å². The Hall–Kier alpha value is -6.53. The zero-order valence-electron chi connectivity index (χ0n) is 44.2. The van der Waals surface area contributed by atoms with E-state index in [1.807, 2.05) is 0 Å². The van der Waals surface area contributed by atoms with Crippen molar-refractivity contribution < 1.29 is 72.9 Å². The second-order valence-electron chi connectivity index (χ2n) is 19.6. The summed E-state index contributed by atoms with van der Waals surface area (Å²) >= 11 is 8.08. The molecular weight excluding hydrogens is 1050 g/mol. The van der Waals surface area contributed by atoms with Gasteiger partial charge < -0.3 is 79.6 Å². The van der Waals surface area contributed by atoms with Crippen molar-refractivity contribution in [1.82, 2.24) is 57.8 Å². The minimum atomic E-state index is -1.83. The number of nitrogens with two attached hydrogens (primary N) is 2. The molecule has 17 N–H and O–H groups in total. The first kappa shape index (κ1) is 68.5. The SMILES string of the molecule is CC(C)C[C@H](NC(=O)[C@H](CCC(=O)O)NC(=O)[C@H](CC(C)C)NC(=O)[C@H](CC(C)C)NC(=O)[C@H](CC(=O)O)NC(=O)CNC(=O)[C@H](Cc1cnc[nH]1)NC(=O)[C@H](CS)NC(=O)[C@@H](N)CS)C(=O)N[C@@H](CCCCN)C(=O)O. The van der Waals surface area contributed by atoms with Crippen LogP contribution in [0.1, 0.15) is 105 Å². The Morgan fingerprint density at radius 3 is 1.43 bits per heavy atom. The van der Waals surface area contributed by atoms with E-state index in [0.29, 0.717) is 25.1 Å². The standard InChI is InChI=1S/C47H79N13O15S2/c1-23(2)13-30(42(69)54-28(10-11-37(62)63)41(68)56-31(14-24(3)4)43(70)55-29(47(74)75)9-7-8-12-48)57-44(71)32(15-25(5)6)58-45(72)34(17-38(64)65)53-36(61)19-51-40(67)33(16-26-18-50-22-52-26)59-46(73)35(21-77)60-39(66)27(49)20-76/h18,22-25,27-35,76-77H,7-17,19-21,48-49H2,1-6H3,(H,50,52)(H,51,67)(H,53,61)(H,54,69)(H,55,70)(H,56,68)(H,57,71)(H,58,72)(H,59,73)(H,60,66)(H,62,63)(H,64,65)(H,74,75)/t27-,28-,29-,30-,31-,32-,33-,34-,35-/m0/s1. The molecule has 28 nitrogen and oxygen atoms in total. The molecule has 0 fully saturated rings. The molecule has 0 spiro atoms. The summed E-state index contributed by atoms with van der Waals surface area (Å²) < 4.78 is 0. The Labute approximate surface area is 457 Å². The lowest BCUT2D eigenvalue weighted by Gasteiger charge is -2.28. The van der Waals surface area contributed by atoms with E-state index >= 15 is 0 Å². The van der Waals surface area contributed by atoms with Crippen LogP contribution >= 0.6 is 25.3 Å². The van der Waals surface area contributed by atoms with Crippen LogP contribution in [0.2, 0.25) is 0 Å². The predicted octanol–water partition coefficient (Wildman–Crippen LogP) is -3.17. The fourth-order valence-corrected chi connectivity index (χ4v) is 7.75. The summed E-state index contributed by atoms with van der Waals surface area (Å²) in [6.45, 7) is 9.76. The highest BCUT2D eigenvalue weighted by Gasteiger charge is 2.35. The van der Waals surface area contributed by atoms with Crippen molar-refractivity contribution in [2.45, 2.75) is 160 Å². The molecule has 0 aromatic carbocycles. The monoisotopic (exact) mass is 1130 g/mol. The van der Waals surface area contributed by atoms with Crippen molar-refractivity contribution >= 4 is 96.3 Å². The number of imidazole rings is 1. The van der Waals surface area contributed by atoms with Crippen molar-refractivity contribution in [3.63, 3.8) is 0 Å². The van der Waals surface area contributed by atoms with Crippen LogP contribution in [0.3, 0.4) is 0 Å². The van der Waals surface area contributed by atoms with Gasteiger partial charge in [-0.1, -0.05) is 41.5 Å². The summed E-state index contributed by atoms with van der Waals surface area (Å²) in [7, 11) is 0. The van der Waals surface area contributed by atoms with Crippen molar-refractivity contribution in [1.29, 1.82) is 0 Å². The van der Waals surface area contributed by atoms with E-state index < -0.39 is 151 Å². The first-order valence-electron chi connectivity index (χ1n) is 25.1. The first-order valence-corrected chi connectivity index (χ1v) is 26.4. The number of carbonyl (C=O) groups is 12. The number of carbonyl (C=O) groups excluding carboxylic acids is 9. The van der Waals surface area contributed by atoms with Crippen LogP contribution in [0, 0.1) is 17.8 Å². The number of thiol groups is 2. The summed E-state index contributed by atoms with van der Waals surface area (Å²) in [5, 5.41) is 50.8. The van der Waals surface area contributed by atoms with Crippen LogP contribution in [0.5, 0.6) is 0 Å². The van der Waals surface area contributed by atoms with E-state index in [-0.39, 0.29) is 61.4 Å². The van der Waals surface area contributed by atoms with Gasteiger partial charge in [0, 0.05) is 36.2 Å². The van der Waals surface area contributed by atoms with Gasteiger partial charge in [-0.15, -0.1) is 0 Å². The summed E-state index contributed by atoms with van der Waals surface area (Å²) in [6, 6.07) is -12.6. The number of rotatable bonds is 38. The highest BCUT2D eigenvalue weighted by Crippen LogP contribution is 2.13. The summed E-state index contributed by atoms with van der Waals surface area (Å²) in [5.74, 6) is -13.6. The van der Waals surface area contributed by atoms with Crippen molar-refractivity contribution in [3.05, 3.63) is 18.2 Å². The van der Waals surface area contributed by atoms with Crippen LogP contribution in [-0.2, 0) is 64.0 Å². The minimum absolute atomic E-state index is 0.0271. The molecule has 77 heavy (non-hydrogen) atoms. The number of aromatic nitrogens is 2. The lowest BCUT2D eigenvalue weighted by atomic mass is 9.99. The fraction of sp³-hybridized carbons (Fsp3) is 0.681. The number of nitrogens with zero attached hydrogens (tertiary/aromatic N) is 1. The molecule has 0 unspecified atom stereocenters. The third-order valence-electron chi connectivity index (χ3n) is 11.3. The van der Waals surface area contributed by atoms with Gasteiger partial charge >= 0.3 is 17.9 Å². The van der Waals surface area contributed by atoms with Gasteiger partial charge in [-0.3, -0.25) is 52.7 Å². The molecule has 0 aliphatic rings. The van der Waals surface area contributed by atoms with Crippen LogP contribution in [0.4, 0.5) is 0 Å². The van der Waals surface area contributed by atoms with E-state index in [1.165, 1.54) is 12.5 Å². The third-order valence-corrected chi connectivity index (χ3v) is 12.0.